The molecule has 0 saturated carbocycles. The lowest BCUT2D eigenvalue weighted by Gasteiger charge is -2.10. The zero-order valence-corrected chi connectivity index (χ0v) is 11.6. The fourth-order valence-electron chi connectivity index (χ4n) is 2.30. The van der Waals surface area contributed by atoms with Crippen LogP contribution in [0.25, 0.3) is 10.9 Å². The Morgan fingerprint density at radius 3 is 2.62 bits per heavy atom. The predicted molar refractivity (Wildman–Crippen MR) is 85.3 cm³/mol. The summed E-state index contributed by atoms with van der Waals surface area (Å²) in [7, 11) is 0. The summed E-state index contributed by atoms with van der Waals surface area (Å²) in [5, 5.41) is 3.68. The highest BCUT2D eigenvalue weighted by Crippen LogP contribution is 2.22. The maximum atomic E-state index is 12.5. The first-order valence-electron chi connectivity index (χ1n) is 6.67. The SMILES string of the molecule is Cc1cc(C(=O)Nc2ccccc2N)c2ccccc2n1. The van der Waals surface area contributed by atoms with Crippen molar-refractivity contribution in [1.29, 1.82) is 0 Å². The summed E-state index contributed by atoms with van der Waals surface area (Å²) in [5.41, 5.74) is 9.23. The van der Waals surface area contributed by atoms with E-state index in [1.165, 1.54) is 0 Å². The van der Waals surface area contributed by atoms with Gasteiger partial charge in [-0.25, -0.2) is 0 Å². The van der Waals surface area contributed by atoms with Crippen LogP contribution in [0.4, 0.5) is 11.4 Å². The van der Waals surface area contributed by atoms with Crippen LogP contribution in [-0.4, -0.2) is 10.9 Å². The number of para-hydroxylation sites is 3. The zero-order valence-electron chi connectivity index (χ0n) is 11.6. The largest absolute Gasteiger partial charge is 0.397 e. The van der Waals surface area contributed by atoms with Crippen LogP contribution in [0.3, 0.4) is 0 Å². The number of nitrogens with one attached hydrogen (secondary N) is 1. The fourth-order valence-corrected chi connectivity index (χ4v) is 2.30. The number of hydrogen-bond donors (Lipinski definition) is 2. The molecule has 4 nitrogen and oxygen atoms in total. The monoisotopic (exact) mass is 277 g/mol. The maximum Gasteiger partial charge on any atom is 0.256 e. The zero-order chi connectivity index (χ0) is 14.8. The number of pyridine rings is 1. The fraction of sp³-hybridized carbons (Fsp3) is 0.0588. The Morgan fingerprint density at radius 1 is 1.10 bits per heavy atom. The first-order valence-corrected chi connectivity index (χ1v) is 6.67. The minimum atomic E-state index is -0.186. The van der Waals surface area contributed by atoms with Gasteiger partial charge in [0.15, 0.2) is 0 Å². The molecule has 1 aromatic heterocycles. The van der Waals surface area contributed by atoms with Crippen molar-refractivity contribution in [2.75, 3.05) is 11.1 Å². The van der Waals surface area contributed by atoms with Crippen molar-refractivity contribution in [1.82, 2.24) is 4.98 Å². The third kappa shape index (κ3) is 2.56. The second kappa shape index (κ2) is 5.25. The summed E-state index contributed by atoms with van der Waals surface area (Å²) in [6.07, 6.45) is 0. The minimum Gasteiger partial charge on any atom is -0.397 e. The molecule has 104 valence electrons. The maximum absolute atomic E-state index is 12.5. The summed E-state index contributed by atoms with van der Waals surface area (Å²) in [6, 6.07) is 16.6. The number of amides is 1. The molecular formula is C17H15N3O. The Morgan fingerprint density at radius 2 is 1.81 bits per heavy atom. The van der Waals surface area contributed by atoms with E-state index in [4.69, 9.17) is 5.73 Å². The molecule has 3 N–H and O–H groups in total. The highest BCUT2D eigenvalue weighted by molar-refractivity contribution is 6.13. The van der Waals surface area contributed by atoms with Gasteiger partial charge >= 0.3 is 0 Å². The number of nitrogens with two attached hydrogens (primary N) is 1. The third-order valence-electron chi connectivity index (χ3n) is 3.30. The highest BCUT2D eigenvalue weighted by Gasteiger charge is 2.12. The van der Waals surface area contributed by atoms with Gasteiger partial charge in [-0.05, 0) is 31.2 Å². The van der Waals surface area contributed by atoms with E-state index in [1.807, 2.05) is 43.3 Å². The van der Waals surface area contributed by atoms with Gasteiger partial charge in [0.1, 0.15) is 0 Å². The first-order chi connectivity index (χ1) is 10.1. The number of nitrogens with zero attached hydrogens (tertiary/aromatic N) is 1. The minimum absolute atomic E-state index is 0.186. The Hall–Kier alpha value is -2.88. The lowest BCUT2D eigenvalue weighted by molar-refractivity contribution is 0.102. The Labute approximate surface area is 122 Å². The van der Waals surface area contributed by atoms with E-state index < -0.39 is 0 Å². The van der Waals surface area contributed by atoms with Gasteiger partial charge in [0, 0.05) is 11.1 Å². The molecule has 4 heteroatoms. The summed E-state index contributed by atoms with van der Waals surface area (Å²) in [6.45, 7) is 1.88. The topological polar surface area (TPSA) is 68.0 Å². The number of aryl methyl sites for hydroxylation is 1. The molecular weight excluding hydrogens is 262 g/mol. The molecule has 0 fully saturated rings. The van der Waals surface area contributed by atoms with Crippen LogP contribution in [0, 0.1) is 6.92 Å². The molecule has 0 spiro atoms. The van der Waals surface area contributed by atoms with Crippen molar-refractivity contribution in [2.45, 2.75) is 6.92 Å². The summed E-state index contributed by atoms with van der Waals surface area (Å²) in [5.74, 6) is -0.186. The van der Waals surface area contributed by atoms with Gasteiger partial charge in [0.05, 0.1) is 22.5 Å². The molecule has 0 atom stereocenters. The van der Waals surface area contributed by atoms with E-state index in [-0.39, 0.29) is 5.91 Å². The molecule has 3 rings (SSSR count). The number of carbonyl (C=O) groups excluding carboxylic acids is 1. The molecule has 3 aromatic rings. The van der Waals surface area contributed by atoms with Gasteiger partial charge in [0.25, 0.3) is 5.91 Å². The predicted octanol–water partition coefficient (Wildman–Crippen LogP) is 3.38. The van der Waals surface area contributed by atoms with Crippen molar-refractivity contribution < 1.29 is 4.79 Å². The van der Waals surface area contributed by atoms with Gasteiger partial charge in [-0.15, -0.1) is 0 Å². The number of carbonyl (C=O) groups is 1. The molecule has 0 radical (unpaired) electrons. The van der Waals surface area contributed by atoms with Crippen molar-refractivity contribution in [2.24, 2.45) is 0 Å². The number of hydrogen-bond acceptors (Lipinski definition) is 3. The third-order valence-corrected chi connectivity index (χ3v) is 3.30. The van der Waals surface area contributed by atoms with Crippen molar-refractivity contribution in [3.63, 3.8) is 0 Å². The van der Waals surface area contributed by atoms with E-state index in [0.717, 1.165) is 16.6 Å². The molecule has 0 unspecified atom stereocenters. The van der Waals surface area contributed by atoms with Crippen LogP contribution >= 0.6 is 0 Å². The van der Waals surface area contributed by atoms with E-state index in [9.17, 15) is 4.79 Å². The van der Waals surface area contributed by atoms with Crippen LogP contribution in [-0.2, 0) is 0 Å². The molecule has 0 saturated heterocycles. The normalized spacial score (nSPS) is 10.5. The summed E-state index contributed by atoms with van der Waals surface area (Å²) < 4.78 is 0. The van der Waals surface area contributed by atoms with E-state index in [2.05, 4.69) is 10.3 Å². The van der Waals surface area contributed by atoms with Crippen molar-refractivity contribution in [3.8, 4) is 0 Å². The molecule has 1 amide bonds. The number of aromatic nitrogens is 1. The van der Waals surface area contributed by atoms with E-state index in [1.54, 1.807) is 18.2 Å². The van der Waals surface area contributed by atoms with E-state index >= 15 is 0 Å². The molecule has 2 aromatic carbocycles. The van der Waals surface area contributed by atoms with Gasteiger partial charge < -0.3 is 11.1 Å². The quantitative estimate of drug-likeness (QED) is 0.706. The number of nitrogen functional groups attached to an aromatic ring is 1. The lowest BCUT2D eigenvalue weighted by atomic mass is 10.1. The van der Waals surface area contributed by atoms with Gasteiger partial charge in [0.2, 0.25) is 0 Å². The average Bonchev–Trinajstić information content (AvgIpc) is 2.48. The Bertz CT molecular complexity index is 827. The van der Waals surface area contributed by atoms with Crippen molar-refractivity contribution in [3.05, 3.63) is 65.9 Å². The highest BCUT2D eigenvalue weighted by atomic mass is 16.1. The first kappa shape index (κ1) is 13.1. The van der Waals surface area contributed by atoms with Crippen LogP contribution in [0.1, 0.15) is 16.1 Å². The van der Waals surface area contributed by atoms with Gasteiger partial charge in [-0.3, -0.25) is 9.78 Å². The standard InChI is InChI=1S/C17H15N3O/c1-11-10-13(12-6-2-4-8-15(12)19-11)17(21)20-16-9-5-3-7-14(16)18/h2-10H,18H2,1H3,(H,20,21). The van der Waals surface area contributed by atoms with Crippen LogP contribution in [0.5, 0.6) is 0 Å². The van der Waals surface area contributed by atoms with Crippen LogP contribution < -0.4 is 11.1 Å². The Kier molecular flexibility index (Phi) is 3.28. The number of fused-ring (bicyclic) bond motifs is 1. The molecule has 0 aliphatic rings. The van der Waals surface area contributed by atoms with Crippen LogP contribution in [0.15, 0.2) is 54.6 Å². The molecule has 0 aliphatic heterocycles. The summed E-state index contributed by atoms with van der Waals surface area (Å²) in [4.78, 5) is 17.0. The number of rotatable bonds is 2. The number of anilines is 2. The van der Waals surface area contributed by atoms with Crippen molar-refractivity contribution >= 4 is 28.2 Å². The van der Waals surface area contributed by atoms with Gasteiger partial charge in [-0.2, -0.15) is 0 Å². The second-order valence-corrected chi connectivity index (χ2v) is 4.87. The lowest BCUT2D eigenvalue weighted by Crippen LogP contribution is -2.14. The Balaban J connectivity index is 2.04. The molecule has 21 heavy (non-hydrogen) atoms. The molecule has 0 bridgehead atoms. The molecule has 0 aliphatic carbocycles. The average molecular weight is 277 g/mol. The van der Waals surface area contributed by atoms with Crippen LogP contribution in [0.2, 0.25) is 0 Å². The van der Waals surface area contributed by atoms with Gasteiger partial charge in [-0.1, -0.05) is 30.3 Å². The smallest absolute Gasteiger partial charge is 0.256 e. The molecule has 1 heterocycles. The summed E-state index contributed by atoms with van der Waals surface area (Å²) >= 11 is 0. The second-order valence-electron chi connectivity index (χ2n) is 4.87. The number of benzene rings is 2. The van der Waals surface area contributed by atoms with E-state index in [0.29, 0.717) is 16.9 Å².